The van der Waals surface area contributed by atoms with Crippen LogP contribution in [0, 0.1) is 11.3 Å². The van der Waals surface area contributed by atoms with E-state index in [1.165, 1.54) is 6.08 Å². The number of nitriles is 1. The van der Waals surface area contributed by atoms with Gasteiger partial charge < -0.3 is 10.1 Å². The van der Waals surface area contributed by atoms with Crippen molar-refractivity contribution in [1.29, 1.82) is 5.26 Å². The Labute approximate surface area is 199 Å². The lowest BCUT2D eigenvalue weighted by atomic mass is 10.1. The number of anilines is 1. The first-order valence-electron chi connectivity index (χ1n) is 8.90. The van der Waals surface area contributed by atoms with Crippen LogP contribution in [0.15, 0.2) is 66.2 Å². The fraction of sp³-hybridized carbons (Fsp3) is 0.0435. The van der Waals surface area contributed by atoms with Gasteiger partial charge in [0.1, 0.15) is 24.0 Å². The highest BCUT2D eigenvalue weighted by molar-refractivity contribution is 6.42. The lowest BCUT2D eigenvalue weighted by Crippen LogP contribution is -2.13. The molecular weight excluding hydrogens is 478 g/mol. The third kappa shape index (κ3) is 6.40. The number of ether oxygens (including phenoxy) is 1. The molecule has 0 radical (unpaired) electrons. The predicted molar refractivity (Wildman–Crippen MR) is 126 cm³/mol. The summed E-state index contributed by atoms with van der Waals surface area (Å²) in [5, 5.41) is 14.0. The minimum absolute atomic E-state index is 0.114. The Morgan fingerprint density at radius 3 is 2.32 bits per heavy atom. The number of amides is 1. The maximum absolute atomic E-state index is 12.5. The van der Waals surface area contributed by atoms with Crippen LogP contribution in [0.1, 0.15) is 11.1 Å². The van der Waals surface area contributed by atoms with Crippen LogP contribution in [0.25, 0.3) is 6.08 Å². The van der Waals surface area contributed by atoms with Crippen LogP contribution >= 0.6 is 46.4 Å². The standard InChI is InChI=1S/C23H14Cl4N2O2/c24-17-2-5-19(6-3-17)29-23(30)16(12-28)10-15-11-18(25)4-8-22(15)31-13-14-1-7-20(26)21(27)9-14/h1-11H,13H2,(H,29,30)/b16-10+. The highest BCUT2D eigenvalue weighted by Crippen LogP contribution is 2.28. The Morgan fingerprint density at radius 1 is 0.935 bits per heavy atom. The zero-order valence-corrected chi connectivity index (χ0v) is 18.9. The molecule has 4 nitrogen and oxygen atoms in total. The number of carbonyl (C=O) groups excluding carboxylic acids is 1. The number of rotatable bonds is 6. The number of nitrogens with zero attached hydrogens (tertiary/aromatic N) is 1. The molecule has 0 atom stereocenters. The van der Waals surface area contributed by atoms with E-state index in [4.69, 9.17) is 51.1 Å². The summed E-state index contributed by atoms with van der Waals surface area (Å²) in [6, 6.07) is 18.6. The maximum atomic E-state index is 12.5. The van der Waals surface area contributed by atoms with Crippen molar-refractivity contribution in [3.05, 3.63) is 97.5 Å². The van der Waals surface area contributed by atoms with E-state index < -0.39 is 5.91 Å². The molecule has 8 heteroatoms. The fourth-order valence-corrected chi connectivity index (χ4v) is 3.22. The number of hydrogen-bond donors (Lipinski definition) is 1. The summed E-state index contributed by atoms with van der Waals surface area (Å²) < 4.78 is 5.87. The van der Waals surface area contributed by atoms with Gasteiger partial charge in [-0.05, 0) is 66.2 Å². The second-order valence-electron chi connectivity index (χ2n) is 6.35. The summed E-state index contributed by atoms with van der Waals surface area (Å²) >= 11 is 23.9. The Balaban J connectivity index is 1.82. The van der Waals surface area contributed by atoms with Crippen LogP contribution in [0.5, 0.6) is 5.75 Å². The minimum atomic E-state index is -0.569. The van der Waals surface area contributed by atoms with E-state index in [1.807, 2.05) is 6.07 Å². The van der Waals surface area contributed by atoms with E-state index in [0.29, 0.717) is 37.1 Å². The molecule has 0 heterocycles. The Hall–Kier alpha value is -2.68. The number of halogens is 4. The molecule has 0 fully saturated rings. The van der Waals surface area contributed by atoms with Gasteiger partial charge in [-0.2, -0.15) is 5.26 Å². The molecule has 1 amide bonds. The van der Waals surface area contributed by atoms with Crippen LogP contribution in [0.3, 0.4) is 0 Å². The monoisotopic (exact) mass is 490 g/mol. The molecule has 0 aromatic heterocycles. The van der Waals surface area contributed by atoms with Crippen LogP contribution in [0.2, 0.25) is 20.1 Å². The zero-order valence-electron chi connectivity index (χ0n) is 15.8. The quantitative estimate of drug-likeness (QED) is 0.288. The zero-order chi connectivity index (χ0) is 22.4. The molecule has 0 saturated heterocycles. The van der Waals surface area contributed by atoms with E-state index in [-0.39, 0.29) is 12.2 Å². The molecule has 3 aromatic rings. The van der Waals surface area contributed by atoms with Crippen molar-refractivity contribution in [2.75, 3.05) is 5.32 Å². The van der Waals surface area contributed by atoms with Crippen molar-refractivity contribution < 1.29 is 9.53 Å². The largest absolute Gasteiger partial charge is 0.488 e. The van der Waals surface area contributed by atoms with Gasteiger partial charge in [-0.25, -0.2) is 0 Å². The number of nitrogens with one attached hydrogen (secondary N) is 1. The molecule has 0 aliphatic carbocycles. The molecule has 0 aliphatic rings. The molecule has 3 aromatic carbocycles. The van der Waals surface area contributed by atoms with Crippen LogP contribution in [-0.4, -0.2) is 5.91 Å². The second-order valence-corrected chi connectivity index (χ2v) is 8.04. The van der Waals surface area contributed by atoms with Crippen LogP contribution < -0.4 is 10.1 Å². The molecule has 1 N–H and O–H groups in total. The smallest absolute Gasteiger partial charge is 0.266 e. The Kier molecular flexibility index (Phi) is 7.84. The second kappa shape index (κ2) is 10.6. The minimum Gasteiger partial charge on any atom is -0.488 e. The molecule has 0 spiro atoms. The van der Waals surface area contributed by atoms with Crippen LogP contribution in [-0.2, 0) is 11.4 Å². The van der Waals surface area contributed by atoms with Gasteiger partial charge in [-0.1, -0.05) is 52.5 Å². The van der Waals surface area contributed by atoms with Gasteiger partial charge in [-0.15, -0.1) is 0 Å². The summed E-state index contributed by atoms with van der Waals surface area (Å²) in [5.74, 6) is -0.122. The average Bonchev–Trinajstić information content (AvgIpc) is 2.75. The van der Waals surface area contributed by atoms with E-state index in [0.717, 1.165) is 5.56 Å². The van der Waals surface area contributed by atoms with E-state index in [2.05, 4.69) is 5.32 Å². The number of carbonyl (C=O) groups is 1. The summed E-state index contributed by atoms with van der Waals surface area (Å²) in [5.41, 5.74) is 1.69. The molecule has 156 valence electrons. The van der Waals surface area contributed by atoms with Gasteiger partial charge in [0.2, 0.25) is 0 Å². The molecule has 0 saturated carbocycles. The highest BCUT2D eigenvalue weighted by Gasteiger charge is 2.12. The average molecular weight is 492 g/mol. The number of hydrogen-bond acceptors (Lipinski definition) is 3. The summed E-state index contributed by atoms with van der Waals surface area (Å²) in [7, 11) is 0. The lowest BCUT2D eigenvalue weighted by molar-refractivity contribution is -0.112. The summed E-state index contributed by atoms with van der Waals surface area (Å²) in [6.45, 7) is 0.207. The maximum Gasteiger partial charge on any atom is 0.266 e. The van der Waals surface area contributed by atoms with Gasteiger partial charge in [0.05, 0.1) is 10.0 Å². The van der Waals surface area contributed by atoms with Gasteiger partial charge in [-0.3, -0.25) is 4.79 Å². The van der Waals surface area contributed by atoms with Gasteiger partial charge in [0, 0.05) is 21.3 Å². The molecule has 3 rings (SSSR count). The molecule has 0 aliphatic heterocycles. The van der Waals surface area contributed by atoms with Crippen molar-refractivity contribution in [1.82, 2.24) is 0 Å². The molecular formula is C23H14Cl4N2O2. The third-order valence-corrected chi connectivity index (χ3v) is 5.34. The van der Waals surface area contributed by atoms with Crippen LogP contribution in [0.4, 0.5) is 5.69 Å². The van der Waals surface area contributed by atoms with E-state index in [9.17, 15) is 10.1 Å². The normalized spacial score (nSPS) is 11.0. The van der Waals surface area contributed by atoms with Gasteiger partial charge in [0.15, 0.2) is 0 Å². The summed E-state index contributed by atoms with van der Waals surface area (Å²) in [6.07, 6.45) is 1.42. The van der Waals surface area contributed by atoms with Crippen molar-refractivity contribution in [2.24, 2.45) is 0 Å². The Bertz CT molecular complexity index is 1190. The molecule has 0 unspecified atom stereocenters. The van der Waals surface area contributed by atoms with Gasteiger partial charge in [0.25, 0.3) is 5.91 Å². The van der Waals surface area contributed by atoms with Crippen molar-refractivity contribution >= 4 is 64.1 Å². The first-order chi connectivity index (χ1) is 14.9. The third-order valence-electron chi connectivity index (χ3n) is 4.12. The molecule has 31 heavy (non-hydrogen) atoms. The Morgan fingerprint density at radius 2 is 1.65 bits per heavy atom. The first-order valence-corrected chi connectivity index (χ1v) is 10.4. The summed E-state index contributed by atoms with van der Waals surface area (Å²) in [4.78, 5) is 12.5. The van der Waals surface area contributed by atoms with E-state index >= 15 is 0 Å². The predicted octanol–water partition coefficient (Wildman–Crippen LogP) is 7.42. The topological polar surface area (TPSA) is 62.1 Å². The highest BCUT2D eigenvalue weighted by atomic mass is 35.5. The fourth-order valence-electron chi connectivity index (χ4n) is 2.59. The molecule has 0 bridgehead atoms. The van der Waals surface area contributed by atoms with Crippen molar-refractivity contribution in [3.8, 4) is 11.8 Å². The van der Waals surface area contributed by atoms with Crippen molar-refractivity contribution in [2.45, 2.75) is 6.61 Å². The number of benzene rings is 3. The van der Waals surface area contributed by atoms with Crippen molar-refractivity contribution in [3.63, 3.8) is 0 Å². The SMILES string of the molecule is N#C/C(=C\c1cc(Cl)ccc1OCc1ccc(Cl)c(Cl)c1)C(=O)Nc1ccc(Cl)cc1. The lowest BCUT2D eigenvalue weighted by Gasteiger charge is -2.11. The first kappa shape index (κ1) is 23.0. The van der Waals surface area contributed by atoms with Gasteiger partial charge >= 0.3 is 0 Å². The van der Waals surface area contributed by atoms with E-state index in [1.54, 1.807) is 60.7 Å².